The molecule has 1 aromatic carbocycles. The van der Waals surface area contributed by atoms with Crippen LogP contribution in [0, 0.1) is 5.92 Å². The van der Waals surface area contributed by atoms with Gasteiger partial charge in [0.15, 0.2) is 5.76 Å². The third kappa shape index (κ3) is 3.40. The number of hydrogen-bond acceptors (Lipinski definition) is 4. The van der Waals surface area contributed by atoms with Gasteiger partial charge in [0, 0.05) is 18.2 Å². The highest BCUT2D eigenvalue weighted by Gasteiger charge is 2.46. The quantitative estimate of drug-likeness (QED) is 0.864. The van der Waals surface area contributed by atoms with Crippen LogP contribution in [0.4, 0.5) is 0 Å². The molecule has 1 aromatic heterocycles. The van der Waals surface area contributed by atoms with E-state index in [4.69, 9.17) is 4.52 Å². The van der Waals surface area contributed by atoms with Gasteiger partial charge in [0.05, 0.1) is 18.2 Å². The van der Waals surface area contributed by atoms with Crippen molar-refractivity contribution in [2.45, 2.75) is 57.7 Å². The topological polar surface area (TPSA) is 58.4 Å². The van der Waals surface area contributed by atoms with Gasteiger partial charge in [0.25, 0.3) is 0 Å². The second-order valence-corrected chi connectivity index (χ2v) is 7.47. The van der Waals surface area contributed by atoms with Gasteiger partial charge in [-0.1, -0.05) is 48.8 Å². The first-order valence-electron chi connectivity index (χ1n) is 9.79. The summed E-state index contributed by atoms with van der Waals surface area (Å²) in [6.45, 7) is 3.64. The molecule has 0 radical (unpaired) electrons. The molecule has 1 amide bonds. The molecule has 26 heavy (non-hydrogen) atoms. The van der Waals surface area contributed by atoms with Crippen LogP contribution in [0.2, 0.25) is 0 Å². The minimum atomic E-state index is 0.0562. The second-order valence-electron chi connectivity index (χ2n) is 7.47. The van der Waals surface area contributed by atoms with E-state index in [1.54, 1.807) is 0 Å². The van der Waals surface area contributed by atoms with Gasteiger partial charge in [-0.3, -0.25) is 9.69 Å². The number of aryl methyl sites for hydroxylation is 1. The SMILES string of the molecule is CCCc1cc(CNC(=O)[C@@H]2C[C@H](c3ccccc3)N3CCC[C@@H]23)on1. The fourth-order valence-corrected chi connectivity index (χ4v) is 4.57. The van der Waals surface area contributed by atoms with Crippen LogP contribution in [0.25, 0.3) is 0 Å². The molecule has 2 saturated heterocycles. The molecule has 3 atom stereocenters. The Balaban J connectivity index is 1.41. The molecule has 1 N–H and O–H groups in total. The van der Waals surface area contributed by atoms with E-state index in [0.29, 0.717) is 18.6 Å². The van der Waals surface area contributed by atoms with E-state index in [-0.39, 0.29) is 11.8 Å². The molecule has 2 fully saturated rings. The fraction of sp³-hybridized carbons (Fsp3) is 0.524. The lowest BCUT2D eigenvalue weighted by Gasteiger charge is -2.24. The second kappa shape index (κ2) is 7.62. The van der Waals surface area contributed by atoms with Crippen LogP contribution >= 0.6 is 0 Å². The Morgan fingerprint density at radius 2 is 2.19 bits per heavy atom. The minimum Gasteiger partial charge on any atom is -0.359 e. The molecule has 3 heterocycles. The van der Waals surface area contributed by atoms with E-state index in [2.05, 4.69) is 46.6 Å². The van der Waals surface area contributed by atoms with Crippen molar-refractivity contribution in [3.05, 3.63) is 53.4 Å². The van der Waals surface area contributed by atoms with Crippen molar-refractivity contribution in [1.82, 2.24) is 15.4 Å². The number of carbonyl (C=O) groups is 1. The normalized spacial score (nSPS) is 25.3. The van der Waals surface area contributed by atoms with Crippen LogP contribution < -0.4 is 5.32 Å². The first kappa shape index (κ1) is 17.3. The number of fused-ring (bicyclic) bond motifs is 1. The van der Waals surface area contributed by atoms with Gasteiger partial charge in [-0.25, -0.2) is 0 Å². The number of nitrogens with one attached hydrogen (secondary N) is 1. The van der Waals surface area contributed by atoms with Crippen LogP contribution in [0.1, 0.15) is 55.7 Å². The molecule has 0 bridgehead atoms. The van der Waals surface area contributed by atoms with E-state index in [9.17, 15) is 4.79 Å². The summed E-state index contributed by atoms with van der Waals surface area (Å²) in [6.07, 6.45) is 5.15. The Kier molecular flexibility index (Phi) is 5.07. The van der Waals surface area contributed by atoms with E-state index < -0.39 is 0 Å². The van der Waals surface area contributed by atoms with Crippen molar-refractivity contribution in [2.24, 2.45) is 5.92 Å². The zero-order valence-corrected chi connectivity index (χ0v) is 15.4. The summed E-state index contributed by atoms with van der Waals surface area (Å²) in [5.41, 5.74) is 2.29. The third-order valence-electron chi connectivity index (χ3n) is 5.76. The Labute approximate surface area is 154 Å². The maximum absolute atomic E-state index is 12.9. The number of hydrogen-bond donors (Lipinski definition) is 1. The monoisotopic (exact) mass is 353 g/mol. The number of amides is 1. The lowest BCUT2D eigenvalue weighted by Crippen LogP contribution is -2.37. The van der Waals surface area contributed by atoms with Crippen LogP contribution in [0.3, 0.4) is 0 Å². The maximum Gasteiger partial charge on any atom is 0.225 e. The van der Waals surface area contributed by atoms with Gasteiger partial charge in [-0.05, 0) is 37.8 Å². The highest BCUT2D eigenvalue weighted by Crippen LogP contribution is 2.44. The number of benzene rings is 1. The predicted octanol–water partition coefficient (Wildman–Crippen LogP) is 3.47. The predicted molar refractivity (Wildman–Crippen MR) is 99.4 cm³/mol. The van der Waals surface area contributed by atoms with Gasteiger partial charge in [0.1, 0.15) is 0 Å². The molecule has 2 aliphatic heterocycles. The standard InChI is InChI=1S/C21H27N3O2/c1-2-7-16-12-17(26-23-16)14-22-21(25)18-13-20(15-8-4-3-5-9-15)24-11-6-10-19(18)24/h3-5,8-9,12,18-20H,2,6-7,10-11,13-14H2,1H3,(H,22,25)/t18-,19+,20-/m1/s1. The molecular weight excluding hydrogens is 326 g/mol. The zero-order valence-electron chi connectivity index (χ0n) is 15.4. The average molecular weight is 353 g/mol. The fourth-order valence-electron chi connectivity index (χ4n) is 4.57. The smallest absolute Gasteiger partial charge is 0.225 e. The van der Waals surface area contributed by atoms with Crippen molar-refractivity contribution in [3.63, 3.8) is 0 Å². The molecule has 5 heteroatoms. The van der Waals surface area contributed by atoms with Crippen molar-refractivity contribution in [2.75, 3.05) is 6.54 Å². The first-order chi connectivity index (χ1) is 12.8. The van der Waals surface area contributed by atoms with Crippen LogP contribution in [0.15, 0.2) is 40.9 Å². The summed E-state index contributed by atoms with van der Waals surface area (Å²) >= 11 is 0. The Hall–Kier alpha value is -2.14. The Morgan fingerprint density at radius 1 is 1.35 bits per heavy atom. The van der Waals surface area contributed by atoms with Gasteiger partial charge in [-0.2, -0.15) is 0 Å². The van der Waals surface area contributed by atoms with Gasteiger partial charge in [-0.15, -0.1) is 0 Å². The van der Waals surface area contributed by atoms with E-state index in [0.717, 1.165) is 43.7 Å². The number of rotatable bonds is 6. The van der Waals surface area contributed by atoms with E-state index >= 15 is 0 Å². The summed E-state index contributed by atoms with van der Waals surface area (Å²) in [6, 6.07) is 13.3. The van der Waals surface area contributed by atoms with Crippen molar-refractivity contribution in [1.29, 1.82) is 0 Å². The molecular formula is C21H27N3O2. The van der Waals surface area contributed by atoms with Crippen LogP contribution in [-0.2, 0) is 17.8 Å². The highest BCUT2D eigenvalue weighted by molar-refractivity contribution is 5.80. The average Bonchev–Trinajstić information content (AvgIpc) is 3.37. The summed E-state index contributed by atoms with van der Waals surface area (Å²) in [5, 5.41) is 7.13. The number of carbonyl (C=O) groups excluding carboxylic acids is 1. The minimum absolute atomic E-state index is 0.0562. The van der Waals surface area contributed by atoms with Crippen LogP contribution in [0.5, 0.6) is 0 Å². The molecule has 5 nitrogen and oxygen atoms in total. The molecule has 2 aromatic rings. The largest absolute Gasteiger partial charge is 0.359 e. The Morgan fingerprint density at radius 3 is 3.00 bits per heavy atom. The van der Waals surface area contributed by atoms with Crippen molar-refractivity contribution in [3.8, 4) is 0 Å². The number of nitrogens with zero attached hydrogens (tertiary/aromatic N) is 2. The van der Waals surface area contributed by atoms with Crippen molar-refractivity contribution >= 4 is 5.91 Å². The molecule has 0 spiro atoms. The Bertz CT molecular complexity index is 743. The first-order valence-corrected chi connectivity index (χ1v) is 9.79. The number of aromatic nitrogens is 1. The maximum atomic E-state index is 12.9. The van der Waals surface area contributed by atoms with Gasteiger partial charge >= 0.3 is 0 Å². The summed E-state index contributed by atoms with van der Waals surface area (Å²) < 4.78 is 5.33. The van der Waals surface area contributed by atoms with Crippen LogP contribution in [-0.4, -0.2) is 28.6 Å². The molecule has 138 valence electrons. The molecule has 0 unspecified atom stereocenters. The summed E-state index contributed by atoms with van der Waals surface area (Å²) in [5.74, 6) is 0.942. The summed E-state index contributed by atoms with van der Waals surface area (Å²) in [4.78, 5) is 15.4. The van der Waals surface area contributed by atoms with E-state index in [1.807, 2.05) is 12.1 Å². The molecule has 0 aliphatic carbocycles. The van der Waals surface area contributed by atoms with Crippen molar-refractivity contribution < 1.29 is 9.32 Å². The molecule has 0 saturated carbocycles. The van der Waals surface area contributed by atoms with Gasteiger partial charge < -0.3 is 9.84 Å². The summed E-state index contributed by atoms with van der Waals surface area (Å²) in [7, 11) is 0. The highest BCUT2D eigenvalue weighted by atomic mass is 16.5. The zero-order chi connectivity index (χ0) is 17.9. The molecule has 2 aliphatic rings. The van der Waals surface area contributed by atoms with E-state index in [1.165, 1.54) is 12.0 Å². The third-order valence-corrected chi connectivity index (χ3v) is 5.76. The lowest BCUT2D eigenvalue weighted by molar-refractivity contribution is -0.125. The van der Waals surface area contributed by atoms with Gasteiger partial charge in [0.2, 0.25) is 5.91 Å². The lowest BCUT2D eigenvalue weighted by atomic mass is 9.93. The molecule has 4 rings (SSSR count).